The highest BCUT2D eigenvalue weighted by molar-refractivity contribution is 7.89. The van der Waals surface area contributed by atoms with Crippen LogP contribution in [-0.2, 0) is 10.0 Å². The summed E-state index contributed by atoms with van der Waals surface area (Å²) >= 11 is 0. The summed E-state index contributed by atoms with van der Waals surface area (Å²) in [4.78, 5) is 15.4. The summed E-state index contributed by atoms with van der Waals surface area (Å²) < 4.78 is 38.7. The van der Waals surface area contributed by atoms with E-state index in [1.807, 2.05) is 36.9 Å². The third kappa shape index (κ3) is 4.34. The van der Waals surface area contributed by atoms with E-state index in [4.69, 9.17) is 9.47 Å². The summed E-state index contributed by atoms with van der Waals surface area (Å²) in [6.45, 7) is 5.50. The van der Waals surface area contributed by atoms with Crippen LogP contribution in [0.4, 0.5) is 0 Å². The molecule has 7 nitrogen and oxygen atoms in total. The van der Waals surface area contributed by atoms with Crippen molar-refractivity contribution in [1.29, 1.82) is 0 Å². The molecule has 32 heavy (non-hydrogen) atoms. The number of amides is 1. The molecule has 0 N–H and O–H groups in total. The van der Waals surface area contributed by atoms with E-state index in [0.717, 1.165) is 30.6 Å². The van der Waals surface area contributed by atoms with Gasteiger partial charge in [-0.25, -0.2) is 8.42 Å². The fourth-order valence-electron chi connectivity index (χ4n) is 4.14. The van der Waals surface area contributed by atoms with Crippen LogP contribution in [0.3, 0.4) is 0 Å². The highest BCUT2D eigenvalue weighted by Gasteiger charge is 2.32. The maximum absolute atomic E-state index is 13.4. The van der Waals surface area contributed by atoms with Crippen molar-refractivity contribution in [2.24, 2.45) is 0 Å². The molecular weight excluding hydrogens is 428 g/mol. The molecule has 2 aliphatic heterocycles. The van der Waals surface area contributed by atoms with E-state index in [2.05, 4.69) is 0 Å². The Bertz CT molecular complexity index is 1100. The van der Waals surface area contributed by atoms with Gasteiger partial charge in [-0.15, -0.1) is 0 Å². The molecule has 0 radical (unpaired) electrons. The number of ether oxygens (including phenoxy) is 2. The van der Waals surface area contributed by atoms with Gasteiger partial charge in [0.1, 0.15) is 0 Å². The third-order valence-electron chi connectivity index (χ3n) is 6.16. The summed E-state index contributed by atoms with van der Waals surface area (Å²) in [5, 5.41) is 0. The quantitative estimate of drug-likeness (QED) is 0.680. The highest BCUT2D eigenvalue weighted by Crippen LogP contribution is 2.38. The monoisotopic (exact) mass is 458 g/mol. The molecule has 2 heterocycles. The van der Waals surface area contributed by atoms with Crippen LogP contribution in [0, 0.1) is 0 Å². The topological polar surface area (TPSA) is 76.2 Å². The summed E-state index contributed by atoms with van der Waals surface area (Å²) in [5.41, 5.74) is 1.38. The zero-order valence-electron chi connectivity index (χ0n) is 18.8. The average Bonchev–Trinajstić information content (AvgIpc) is 3.16. The van der Waals surface area contributed by atoms with E-state index in [-0.39, 0.29) is 22.9 Å². The molecule has 0 saturated carbocycles. The number of benzene rings is 2. The lowest BCUT2D eigenvalue weighted by Crippen LogP contribution is -2.33. The predicted molar refractivity (Wildman–Crippen MR) is 122 cm³/mol. The van der Waals surface area contributed by atoms with Gasteiger partial charge in [0.2, 0.25) is 10.0 Å². The van der Waals surface area contributed by atoms with E-state index in [0.29, 0.717) is 31.1 Å². The maximum atomic E-state index is 13.4. The van der Waals surface area contributed by atoms with Crippen molar-refractivity contribution >= 4 is 15.9 Å². The van der Waals surface area contributed by atoms with Crippen LogP contribution < -0.4 is 9.47 Å². The average molecular weight is 459 g/mol. The van der Waals surface area contributed by atoms with E-state index in [9.17, 15) is 13.2 Å². The molecular formula is C24H30N2O5S. The van der Waals surface area contributed by atoms with Crippen molar-refractivity contribution in [2.45, 2.75) is 50.1 Å². The number of nitrogens with zero attached hydrogens (tertiary/aromatic N) is 2. The van der Waals surface area contributed by atoms with Crippen LogP contribution in [0.2, 0.25) is 0 Å². The van der Waals surface area contributed by atoms with Crippen LogP contribution in [-0.4, -0.2) is 56.4 Å². The van der Waals surface area contributed by atoms with Gasteiger partial charge in [-0.1, -0.05) is 12.1 Å². The summed E-state index contributed by atoms with van der Waals surface area (Å²) in [6.07, 6.45) is 2.57. The molecule has 2 aromatic carbocycles. The van der Waals surface area contributed by atoms with Crippen LogP contribution >= 0.6 is 0 Å². The molecule has 0 aliphatic carbocycles. The van der Waals surface area contributed by atoms with Gasteiger partial charge in [-0.05, 0) is 62.6 Å². The van der Waals surface area contributed by atoms with E-state index < -0.39 is 10.0 Å². The summed E-state index contributed by atoms with van der Waals surface area (Å²) in [6, 6.07) is 11.9. The number of rotatable bonds is 5. The van der Waals surface area contributed by atoms with Gasteiger partial charge in [0.25, 0.3) is 5.91 Å². The first-order valence-corrected chi connectivity index (χ1v) is 12.5. The molecule has 0 spiro atoms. The van der Waals surface area contributed by atoms with E-state index in [1.165, 1.54) is 16.4 Å². The Kier molecular flexibility index (Phi) is 6.44. The Balaban J connectivity index is 1.60. The Labute approximate surface area is 190 Å². The third-order valence-corrected chi connectivity index (χ3v) is 8.18. The molecule has 1 saturated heterocycles. The largest absolute Gasteiger partial charge is 0.490 e. The number of hydrogen-bond acceptors (Lipinski definition) is 5. The molecule has 0 bridgehead atoms. The van der Waals surface area contributed by atoms with Crippen molar-refractivity contribution in [3.63, 3.8) is 0 Å². The lowest BCUT2D eigenvalue weighted by molar-refractivity contribution is 0.0735. The number of likely N-dealkylation sites (tertiary alicyclic amines) is 1. The second-order valence-electron chi connectivity index (χ2n) is 8.56. The lowest BCUT2D eigenvalue weighted by atomic mass is 10.0. The maximum Gasteiger partial charge on any atom is 0.254 e. The second-order valence-corrected chi connectivity index (χ2v) is 10.6. The van der Waals surface area contributed by atoms with Gasteiger partial charge in [0.15, 0.2) is 11.5 Å². The highest BCUT2D eigenvalue weighted by atomic mass is 32.2. The van der Waals surface area contributed by atoms with E-state index >= 15 is 0 Å². The minimum absolute atomic E-state index is 0.0850. The zero-order chi connectivity index (χ0) is 22.9. The van der Waals surface area contributed by atoms with Gasteiger partial charge in [-0.2, -0.15) is 4.31 Å². The van der Waals surface area contributed by atoms with Gasteiger partial charge in [-0.3, -0.25) is 4.79 Å². The Hall–Kier alpha value is -2.58. The number of fused-ring (bicyclic) bond motifs is 1. The number of carbonyl (C=O) groups excluding carboxylic acids is 1. The minimum atomic E-state index is -3.67. The molecule has 2 aromatic rings. The van der Waals surface area contributed by atoms with Gasteiger partial charge in [0.05, 0.1) is 24.2 Å². The molecule has 4 rings (SSSR count). The van der Waals surface area contributed by atoms with Crippen LogP contribution in [0.1, 0.15) is 55.1 Å². The zero-order valence-corrected chi connectivity index (χ0v) is 19.6. The molecule has 0 unspecified atom stereocenters. The molecule has 2 aliphatic rings. The first-order valence-electron chi connectivity index (χ1n) is 11.1. The van der Waals surface area contributed by atoms with Crippen molar-refractivity contribution in [1.82, 2.24) is 9.21 Å². The number of carbonyl (C=O) groups is 1. The van der Waals surface area contributed by atoms with Gasteiger partial charge < -0.3 is 14.4 Å². The fraction of sp³-hybridized carbons (Fsp3) is 0.458. The molecule has 1 amide bonds. The number of sulfonamides is 1. The van der Waals surface area contributed by atoms with Crippen molar-refractivity contribution in [2.75, 3.05) is 26.8 Å². The normalized spacial score (nSPS) is 18.8. The van der Waals surface area contributed by atoms with Crippen LogP contribution in [0.15, 0.2) is 47.4 Å². The molecule has 8 heteroatoms. The van der Waals surface area contributed by atoms with Crippen LogP contribution in [0.25, 0.3) is 0 Å². The summed E-state index contributed by atoms with van der Waals surface area (Å²) in [7, 11) is -2.11. The first-order chi connectivity index (χ1) is 15.3. The van der Waals surface area contributed by atoms with E-state index in [1.54, 1.807) is 19.2 Å². The Morgan fingerprint density at radius 1 is 1.06 bits per heavy atom. The van der Waals surface area contributed by atoms with Crippen molar-refractivity contribution in [3.8, 4) is 11.5 Å². The molecule has 172 valence electrons. The Morgan fingerprint density at radius 3 is 2.56 bits per heavy atom. The minimum Gasteiger partial charge on any atom is -0.490 e. The van der Waals surface area contributed by atoms with Gasteiger partial charge in [0, 0.05) is 31.6 Å². The smallest absolute Gasteiger partial charge is 0.254 e. The predicted octanol–water partition coefficient (Wildman–Crippen LogP) is 3.85. The SMILES string of the molecule is CC(C)N(C)S(=O)(=O)c1cccc(C(=O)N2CCC[C@H]2c2ccc3c(c2)OCCCO3)c1. The number of hydrogen-bond donors (Lipinski definition) is 0. The van der Waals surface area contributed by atoms with Crippen molar-refractivity contribution in [3.05, 3.63) is 53.6 Å². The fourth-order valence-corrected chi connectivity index (χ4v) is 5.56. The molecule has 0 aromatic heterocycles. The van der Waals surface area contributed by atoms with Gasteiger partial charge >= 0.3 is 0 Å². The summed E-state index contributed by atoms with van der Waals surface area (Å²) in [5.74, 6) is 1.28. The van der Waals surface area contributed by atoms with Crippen LogP contribution in [0.5, 0.6) is 11.5 Å². The standard InChI is InChI=1S/C24H30N2O5S/c1-17(2)25(3)32(28,29)20-8-4-7-19(15-20)24(27)26-12-5-9-21(26)18-10-11-22-23(16-18)31-14-6-13-30-22/h4,7-8,10-11,15-17,21H,5-6,9,12-14H2,1-3H3/t21-/m0/s1. The second kappa shape index (κ2) is 9.11. The first kappa shape index (κ1) is 22.6. The lowest BCUT2D eigenvalue weighted by Gasteiger charge is -2.26. The van der Waals surface area contributed by atoms with Crippen molar-refractivity contribution < 1.29 is 22.7 Å². The molecule has 1 atom stereocenters. The Morgan fingerprint density at radius 2 is 1.81 bits per heavy atom. The molecule has 1 fully saturated rings.